The van der Waals surface area contributed by atoms with Gasteiger partial charge in [0, 0.05) is 19.7 Å². The monoisotopic (exact) mass is 287 g/mol. The Bertz CT molecular complexity index is 583. The highest BCUT2D eigenvalue weighted by Crippen LogP contribution is 2.26. The third-order valence-electron chi connectivity index (χ3n) is 2.53. The molecule has 1 unspecified atom stereocenters. The van der Waals surface area contributed by atoms with E-state index in [1.165, 1.54) is 22.9 Å². The molecule has 1 atom stereocenters. The summed E-state index contributed by atoms with van der Waals surface area (Å²) < 4.78 is 41.6. The number of aliphatic hydroxyl groups is 1. The maximum Gasteiger partial charge on any atom is 0.573 e. The molecule has 0 aliphatic rings. The fourth-order valence-corrected chi connectivity index (χ4v) is 1.72. The van der Waals surface area contributed by atoms with E-state index in [9.17, 15) is 18.3 Å². The lowest BCUT2D eigenvalue weighted by molar-refractivity contribution is -0.274. The van der Waals surface area contributed by atoms with Gasteiger partial charge in [0.15, 0.2) is 0 Å². The number of alkyl halides is 3. The Morgan fingerprint density at radius 2 is 2.15 bits per heavy atom. The Balaban J connectivity index is 2.10. The van der Waals surface area contributed by atoms with Crippen LogP contribution in [-0.4, -0.2) is 26.5 Å². The van der Waals surface area contributed by atoms with Crippen LogP contribution in [0.3, 0.4) is 0 Å². The van der Waals surface area contributed by atoms with E-state index >= 15 is 0 Å². The van der Waals surface area contributed by atoms with Crippen molar-refractivity contribution >= 4 is 0 Å². The molecule has 2 rings (SSSR count). The van der Waals surface area contributed by atoms with Crippen LogP contribution >= 0.6 is 0 Å². The summed E-state index contributed by atoms with van der Waals surface area (Å²) in [5.41, 5.74) is 0.861. The van der Waals surface area contributed by atoms with E-state index < -0.39 is 12.5 Å². The van der Waals surface area contributed by atoms with Crippen LogP contribution < -0.4 is 4.74 Å². The highest BCUT2D eigenvalue weighted by Gasteiger charge is 2.31. The molecule has 0 aliphatic heterocycles. The Hall–Kier alpha value is -2.09. The number of hydrogen-bond acceptors (Lipinski definition) is 4. The smallest absolute Gasteiger partial charge is 0.406 e. The van der Waals surface area contributed by atoms with Crippen molar-refractivity contribution in [3.8, 4) is 5.75 Å². The quantitative estimate of drug-likeness (QED) is 0.934. The van der Waals surface area contributed by atoms with E-state index in [4.69, 9.17) is 0 Å². The third-order valence-corrected chi connectivity index (χ3v) is 2.53. The molecule has 5 nitrogen and oxygen atoms in total. The average Bonchev–Trinajstić information content (AvgIpc) is 2.73. The Labute approximate surface area is 112 Å². The van der Waals surface area contributed by atoms with Gasteiger partial charge in [-0.3, -0.25) is 4.68 Å². The van der Waals surface area contributed by atoms with Gasteiger partial charge in [0.1, 0.15) is 5.75 Å². The fraction of sp³-hybridized carbons (Fsp3) is 0.333. The van der Waals surface area contributed by atoms with Gasteiger partial charge >= 0.3 is 6.36 Å². The van der Waals surface area contributed by atoms with E-state index in [0.29, 0.717) is 11.3 Å². The normalized spacial score (nSPS) is 13.2. The van der Waals surface area contributed by atoms with Crippen molar-refractivity contribution < 1.29 is 23.0 Å². The molecule has 0 saturated heterocycles. The second-order valence-electron chi connectivity index (χ2n) is 4.22. The molecule has 0 saturated carbocycles. The largest absolute Gasteiger partial charge is 0.573 e. The molecule has 0 radical (unpaired) electrons. The Morgan fingerprint density at radius 1 is 1.40 bits per heavy atom. The molecule has 0 amide bonds. The summed E-state index contributed by atoms with van der Waals surface area (Å²) >= 11 is 0. The minimum absolute atomic E-state index is 0.156. The molecule has 0 aliphatic carbocycles. The molecule has 1 heterocycles. The minimum Gasteiger partial charge on any atom is -0.406 e. The Kier molecular flexibility index (Phi) is 3.93. The second kappa shape index (κ2) is 5.49. The van der Waals surface area contributed by atoms with E-state index in [0.717, 1.165) is 6.07 Å². The molecular weight excluding hydrogens is 275 g/mol. The van der Waals surface area contributed by atoms with Crippen molar-refractivity contribution in [2.45, 2.75) is 18.9 Å². The van der Waals surface area contributed by atoms with Gasteiger partial charge in [0.2, 0.25) is 0 Å². The van der Waals surface area contributed by atoms with Gasteiger partial charge in [-0.05, 0) is 17.7 Å². The number of halogens is 3. The van der Waals surface area contributed by atoms with E-state index in [1.54, 1.807) is 13.2 Å². The number of benzene rings is 1. The van der Waals surface area contributed by atoms with Gasteiger partial charge in [-0.15, -0.1) is 18.3 Å². The Morgan fingerprint density at radius 3 is 2.75 bits per heavy atom. The summed E-state index contributed by atoms with van der Waals surface area (Å²) in [7, 11) is 1.68. The molecule has 2 aromatic rings. The minimum atomic E-state index is -4.76. The molecule has 108 valence electrons. The van der Waals surface area contributed by atoms with Crippen LogP contribution in [0.25, 0.3) is 0 Å². The molecule has 0 bridgehead atoms. The van der Waals surface area contributed by atoms with Crippen LogP contribution in [0.4, 0.5) is 13.2 Å². The van der Waals surface area contributed by atoms with Gasteiger partial charge in [0.05, 0.1) is 11.8 Å². The predicted octanol–water partition coefficient (Wildman–Crippen LogP) is 1.99. The summed E-state index contributed by atoms with van der Waals surface area (Å²) in [6, 6.07) is 5.22. The number of rotatable bonds is 4. The van der Waals surface area contributed by atoms with Crippen molar-refractivity contribution in [2.75, 3.05) is 0 Å². The fourth-order valence-electron chi connectivity index (χ4n) is 1.72. The number of ether oxygens (including phenoxy) is 1. The highest BCUT2D eigenvalue weighted by atomic mass is 19.4. The first-order chi connectivity index (χ1) is 9.33. The van der Waals surface area contributed by atoms with Crippen molar-refractivity contribution in [1.82, 2.24) is 15.0 Å². The van der Waals surface area contributed by atoms with Crippen LogP contribution in [0.2, 0.25) is 0 Å². The van der Waals surface area contributed by atoms with Crippen molar-refractivity contribution in [3.05, 3.63) is 41.7 Å². The molecule has 1 N–H and O–H groups in total. The molecule has 0 fully saturated rings. The van der Waals surface area contributed by atoms with Crippen LogP contribution in [0.5, 0.6) is 5.75 Å². The summed E-state index contributed by atoms with van der Waals surface area (Å²) in [6.45, 7) is 0. The lowest BCUT2D eigenvalue weighted by Gasteiger charge is -2.12. The predicted molar refractivity (Wildman–Crippen MR) is 62.8 cm³/mol. The molecule has 1 aromatic heterocycles. The molecule has 8 heteroatoms. The van der Waals surface area contributed by atoms with Gasteiger partial charge in [-0.2, -0.15) is 0 Å². The summed E-state index contributed by atoms with van der Waals surface area (Å²) in [5, 5.41) is 17.5. The van der Waals surface area contributed by atoms with Gasteiger partial charge < -0.3 is 9.84 Å². The molecule has 0 spiro atoms. The van der Waals surface area contributed by atoms with Crippen LogP contribution in [0.15, 0.2) is 30.5 Å². The standard InChI is InChI=1S/C12H12F3N3O2/c1-18-7-9(16-17-18)6-11(19)8-3-2-4-10(5-8)20-12(13,14)15/h2-5,7,11,19H,6H2,1H3. The zero-order chi connectivity index (χ0) is 14.8. The van der Waals surface area contributed by atoms with Gasteiger partial charge in [-0.25, -0.2) is 0 Å². The highest BCUT2D eigenvalue weighted by molar-refractivity contribution is 5.30. The van der Waals surface area contributed by atoms with E-state index in [1.807, 2.05) is 0 Å². The first-order valence-electron chi connectivity index (χ1n) is 5.72. The van der Waals surface area contributed by atoms with Crippen molar-refractivity contribution in [1.29, 1.82) is 0 Å². The lowest BCUT2D eigenvalue weighted by atomic mass is 10.1. The van der Waals surface area contributed by atoms with Gasteiger partial charge in [-0.1, -0.05) is 17.3 Å². The van der Waals surface area contributed by atoms with Crippen LogP contribution in [-0.2, 0) is 13.5 Å². The molecule has 1 aromatic carbocycles. The van der Waals surface area contributed by atoms with Crippen molar-refractivity contribution in [3.63, 3.8) is 0 Å². The lowest BCUT2D eigenvalue weighted by Crippen LogP contribution is -2.17. The number of nitrogens with zero attached hydrogens (tertiary/aromatic N) is 3. The first-order valence-corrected chi connectivity index (χ1v) is 5.72. The third kappa shape index (κ3) is 3.95. The second-order valence-corrected chi connectivity index (χ2v) is 4.22. The number of aliphatic hydroxyl groups excluding tert-OH is 1. The van der Waals surface area contributed by atoms with E-state index in [-0.39, 0.29) is 12.2 Å². The SMILES string of the molecule is Cn1cc(CC(O)c2cccc(OC(F)(F)F)c2)nn1. The van der Waals surface area contributed by atoms with Crippen molar-refractivity contribution in [2.24, 2.45) is 7.05 Å². The van der Waals surface area contributed by atoms with Gasteiger partial charge in [0.25, 0.3) is 0 Å². The zero-order valence-corrected chi connectivity index (χ0v) is 10.5. The summed E-state index contributed by atoms with van der Waals surface area (Å²) in [6.07, 6.45) is -3.96. The first kappa shape index (κ1) is 14.3. The average molecular weight is 287 g/mol. The summed E-state index contributed by atoms with van der Waals surface area (Å²) in [4.78, 5) is 0. The number of hydrogen-bond donors (Lipinski definition) is 1. The molecule has 20 heavy (non-hydrogen) atoms. The maximum atomic E-state index is 12.1. The topological polar surface area (TPSA) is 60.2 Å². The molecular formula is C12H12F3N3O2. The zero-order valence-electron chi connectivity index (χ0n) is 10.5. The number of aryl methyl sites for hydroxylation is 1. The summed E-state index contributed by atoms with van der Waals surface area (Å²) in [5.74, 6) is -0.367. The maximum absolute atomic E-state index is 12.1. The van der Waals surface area contributed by atoms with Crippen LogP contribution in [0, 0.1) is 0 Å². The van der Waals surface area contributed by atoms with E-state index in [2.05, 4.69) is 15.0 Å². The number of aromatic nitrogens is 3. The van der Waals surface area contributed by atoms with Crippen LogP contribution in [0.1, 0.15) is 17.4 Å².